The highest BCUT2D eigenvalue weighted by Crippen LogP contribution is 2.39. The molecule has 0 amide bonds. The van der Waals surface area contributed by atoms with Gasteiger partial charge in [0.05, 0.1) is 0 Å². The molecule has 0 saturated heterocycles. The van der Waals surface area contributed by atoms with Crippen molar-refractivity contribution in [1.82, 2.24) is 15.2 Å². The lowest BCUT2D eigenvalue weighted by Gasteiger charge is -2.08. The second-order valence-electron chi connectivity index (χ2n) is 4.59. The lowest BCUT2D eigenvalue weighted by molar-refractivity contribution is 0.627. The number of benzene rings is 1. The quantitative estimate of drug-likeness (QED) is 0.856. The van der Waals surface area contributed by atoms with Crippen LogP contribution in [-0.2, 0) is 0 Å². The van der Waals surface area contributed by atoms with Crippen LogP contribution >= 0.6 is 11.8 Å². The van der Waals surface area contributed by atoms with Crippen LogP contribution in [0, 0.1) is 5.82 Å². The third-order valence-corrected chi connectivity index (χ3v) is 4.09. The lowest BCUT2D eigenvalue weighted by Crippen LogP contribution is -1.89. The summed E-state index contributed by atoms with van der Waals surface area (Å²) in [5, 5.41) is 8.19. The van der Waals surface area contributed by atoms with E-state index >= 15 is 0 Å². The van der Waals surface area contributed by atoms with Gasteiger partial charge < -0.3 is 0 Å². The molecule has 0 radical (unpaired) electrons. The fraction of sp³-hybridized carbons (Fsp3) is 0.385. The Morgan fingerprint density at radius 2 is 2.06 bits per heavy atom. The van der Waals surface area contributed by atoms with Gasteiger partial charge in [-0.15, -0.1) is 5.10 Å². The van der Waals surface area contributed by atoms with Crippen LogP contribution in [-0.4, -0.2) is 15.2 Å². The second-order valence-corrected chi connectivity index (χ2v) is 5.90. The first-order valence-corrected chi connectivity index (χ1v) is 6.95. The molecule has 1 N–H and O–H groups in total. The predicted octanol–water partition coefficient (Wildman–Crippen LogP) is 3.67. The molecule has 1 aliphatic rings. The van der Waals surface area contributed by atoms with Crippen LogP contribution in [0.5, 0.6) is 0 Å². The van der Waals surface area contributed by atoms with Gasteiger partial charge in [0.2, 0.25) is 5.16 Å². The van der Waals surface area contributed by atoms with E-state index in [0.717, 1.165) is 16.5 Å². The van der Waals surface area contributed by atoms with Crippen molar-refractivity contribution in [2.45, 2.75) is 36.1 Å². The summed E-state index contributed by atoms with van der Waals surface area (Å²) in [5.74, 6) is 1.39. The molecule has 1 atom stereocenters. The third kappa shape index (κ3) is 2.56. The number of thioether (sulfide) groups is 1. The molecule has 5 heteroatoms. The molecular weight excluding hydrogens is 249 g/mol. The molecule has 94 valence electrons. The molecule has 1 aromatic carbocycles. The number of rotatable bonds is 4. The van der Waals surface area contributed by atoms with Crippen LogP contribution in [0.15, 0.2) is 29.4 Å². The van der Waals surface area contributed by atoms with Gasteiger partial charge in [0.1, 0.15) is 11.6 Å². The monoisotopic (exact) mass is 263 g/mol. The van der Waals surface area contributed by atoms with Crippen molar-refractivity contribution in [3.05, 3.63) is 41.5 Å². The maximum absolute atomic E-state index is 12.8. The van der Waals surface area contributed by atoms with Gasteiger partial charge in [-0.3, -0.25) is 5.10 Å². The number of aromatic nitrogens is 3. The van der Waals surface area contributed by atoms with E-state index in [-0.39, 0.29) is 11.1 Å². The minimum absolute atomic E-state index is 0.204. The summed E-state index contributed by atoms with van der Waals surface area (Å²) in [6.07, 6.45) is 2.43. The summed E-state index contributed by atoms with van der Waals surface area (Å²) in [6, 6.07) is 6.59. The molecule has 1 heterocycles. The molecule has 1 aliphatic carbocycles. The lowest BCUT2D eigenvalue weighted by atomic mass is 10.2. The SMILES string of the molecule is C[C@H](Sc1n[nH]c(C2CC2)n1)c1ccc(F)cc1. The van der Waals surface area contributed by atoms with Crippen LogP contribution in [0.1, 0.15) is 42.3 Å². The fourth-order valence-corrected chi connectivity index (χ4v) is 2.67. The number of H-pyrrole nitrogens is 1. The number of halogens is 1. The van der Waals surface area contributed by atoms with Crippen molar-refractivity contribution in [3.63, 3.8) is 0 Å². The van der Waals surface area contributed by atoms with E-state index in [0.29, 0.717) is 5.92 Å². The first-order valence-electron chi connectivity index (χ1n) is 6.07. The van der Waals surface area contributed by atoms with Crippen molar-refractivity contribution in [2.75, 3.05) is 0 Å². The third-order valence-electron chi connectivity index (χ3n) is 3.07. The highest BCUT2D eigenvalue weighted by atomic mass is 32.2. The van der Waals surface area contributed by atoms with Gasteiger partial charge in [0, 0.05) is 11.2 Å². The fourth-order valence-electron chi connectivity index (χ4n) is 1.81. The molecular formula is C13H14FN3S. The highest BCUT2D eigenvalue weighted by Gasteiger charge is 2.27. The average Bonchev–Trinajstić information content (AvgIpc) is 3.11. The van der Waals surface area contributed by atoms with Gasteiger partial charge in [-0.2, -0.15) is 0 Å². The van der Waals surface area contributed by atoms with Crippen molar-refractivity contribution >= 4 is 11.8 Å². The van der Waals surface area contributed by atoms with Crippen LogP contribution in [0.3, 0.4) is 0 Å². The zero-order valence-electron chi connectivity index (χ0n) is 10.1. The van der Waals surface area contributed by atoms with Crippen molar-refractivity contribution in [3.8, 4) is 0 Å². The van der Waals surface area contributed by atoms with Crippen molar-refractivity contribution in [1.29, 1.82) is 0 Å². The smallest absolute Gasteiger partial charge is 0.209 e. The van der Waals surface area contributed by atoms with E-state index in [2.05, 4.69) is 22.1 Å². The predicted molar refractivity (Wildman–Crippen MR) is 69.0 cm³/mol. The van der Waals surface area contributed by atoms with Crippen LogP contribution in [0.25, 0.3) is 0 Å². The van der Waals surface area contributed by atoms with E-state index in [9.17, 15) is 4.39 Å². The molecule has 0 unspecified atom stereocenters. The molecule has 0 spiro atoms. The van der Waals surface area contributed by atoms with Gasteiger partial charge in [-0.25, -0.2) is 9.37 Å². The number of aromatic amines is 1. The first kappa shape index (κ1) is 11.7. The highest BCUT2D eigenvalue weighted by molar-refractivity contribution is 7.99. The zero-order chi connectivity index (χ0) is 12.5. The molecule has 1 aromatic heterocycles. The number of nitrogens with one attached hydrogen (secondary N) is 1. The van der Waals surface area contributed by atoms with E-state index < -0.39 is 0 Å². The Balaban J connectivity index is 1.68. The molecule has 3 nitrogen and oxygen atoms in total. The van der Waals surface area contributed by atoms with Crippen LogP contribution in [0.4, 0.5) is 4.39 Å². The van der Waals surface area contributed by atoms with Gasteiger partial charge in [-0.1, -0.05) is 23.9 Å². The summed E-state index contributed by atoms with van der Waals surface area (Å²) < 4.78 is 12.8. The second kappa shape index (κ2) is 4.72. The van der Waals surface area contributed by atoms with E-state index in [4.69, 9.17) is 0 Å². The normalized spacial score (nSPS) is 16.8. The summed E-state index contributed by atoms with van der Waals surface area (Å²) in [5.41, 5.74) is 1.08. The molecule has 1 saturated carbocycles. The minimum atomic E-state index is -0.204. The Morgan fingerprint density at radius 1 is 1.33 bits per heavy atom. The number of hydrogen-bond donors (Lipinski definition) is 1. The maximum atomic E-state index is 12.8. The first-order chi connectivity index (χ1) is 8.72. The Morgan fingerprint density at radius 3 is 2.72 bits per heavy atom. The van der Waals surface area contributed by atoms with Crippen LogP contribution in [0.2, 0.25) is 0 Å². The maximum Gasteiger partial charge on any atom is 0.209 e. The molecule has 1 fully saturated rings. The van der Waals surface area contributed by atoms with E-state index in [1.165, 1.54) is 25.0 Å². The molecule has 3 rings (SSSR count). The minimum Gasteiger partial charge on any atom is -0.262 e. The van der Waals surface area contributed by atoms with E-state index in [1.807, 2.05) is 0 Å². The largest absolute Gasteiger partial charge is 0.262 e. The standard InChI is InChI=1S/C13H14FN3S/c1-8(9-4-6-11(14)7-5-9)18-13-15-12(16-17-13)10-2-3-10/h4-8,10H,2-3H2,1H3,(H,15,16,17)/t8-/m0/s1. The van der Waals surface area contributed by atoms with Crippen LogP contribution < -0.4 is 0 Å². The Labute approximate surface area is 109 Å². The van der Waals surface area contributed by atoms with Gasteiger partial charge in [0.25, 0.3) is 0 Å². The molecule has 2 aromatic rings. The molecule has 18 heavy (non-hydrogen) atoms. The van der Waals surface area contributed by atoms with Gasteiger partial charge in [-0.05, 0) is 37.5 Å². The average molecular weight is 263 g/mol. The topological polar surface area (TPSA) is 41.6 Å². The molecule has 0 bridgehead atoms. The summed E-state index contributed by atoms with van der Waals surface area (Å²) in [6.45, 7) is 2.07. The van der Waals surface area contributed by atoms with Gasteiger partial charge in [0.15, 0.2) is 0 Å². The Hall–Kier alpha value is -1.36. The number of nitrogens with zero attached hydrogens (tertiary/aromatic N) is 2. The summed E-state index contributed by atoms with van der Waals surface area (Å²) in [7, 11) is 0. The summed E-state index contributed by atoms with van der Waals surface area (Å²) >= 11 is 1.59. The Bertz CT molecular complexity index is 533. The molecule has 0 aliphatic heterocycles. The van der Waals surface area contributed by atoms with Crippen molar-refractivity contribution in [2.24, 2.45) is 0 Å². The number of hydrogen-bond acceptors (Lipinski definition) is 3. The zero-order valence-corrected chi connectivity index (χ0v) is 10.9. The Kier molecular flexibility index (Phi) is 3.07. The van der Waals surface area contributed by atoms with E-state index in [1.54, 1.807) is 23.9 Å². The summed E-state index contributed by atoms with van der Waals surface area (Å²) in [4.78, 5) is 4.48. The van der Waals surface area contributed by atoms with Gasteiger partial charge >= 0.3 is 0 Å². The van der Waals surface area contributed by atoms with Crippen molar-refractivity contribution < 1.29 is 4.39 Å².